The molecule has 3 rings (SSSR count). The summed E-state index contributed by atoms with van der Waals surface area (Å²) in [4.78, 5) is 14.4. The summed E-state index contributed by atoms with van der Waals surface area (Å²) in [6.45, 7) is 1.37. The Hall–Kier alpha value is -1.36. The van der Waals surface area contributed by atoms with Crippen LogP contribution in [0.4, 0.5) is 0 Å². The number of nitrogens with two attached hydrogens (primary N) is 1. The van der Waals surface area contributed by atoms with Crippen molar-refractivity contribution in [2.24, 2.45) is 5.73 Å². The number of hydrogen-bond donors (Lipinski definition) is 1. The van der Waals surface area contributed by atoms with Crippen molar-refractivity contribution in [1.82, 2.24) is 4.90 Å². The van der Waals surface area contributed by atoms with Gasteiger partial charge in [0.1, 0.15) is 0 Å². The summed E-state index contributed by atoms with van der Waals surface area (Å²) < 4.78 is 1.05. The zero-order valence-corrected chi connectivity index (χ0v) is 15.8. The van der Waals surface area contributed by atoms with E-state index in [2.05, 4.69) is 40.2 Å². The molecule has 1 fully saturated rings. The van der Waals surface area contributed by atoms with Gasteiger partial charge in [-0.3, -0.25) is 4.79 Å². The van der Waals surface area contributed by atoms with E-state index in [0.717, 1.165) is 17.4 Å². The number of hydrogen-bond acceptors (Lipinski definition) is 2. The maximum atomic E-state index is 12.5. The highest BCUT2D eigenvalue weighted by Gasteiger charge is 2.33. The minimum atomic E-state index is 0. The average molecular weight is 410 g/mol. The third-order valence-corrected chi connectivity index (χ3v) is 4.96. The van der Waals surface area contributed by atoms with Crippen molar-refractivity contribution < 1.29 is 4.79 Å². The summed E-state index contributed by atoms with van der Waals surface area (Å²) in [6, 6.07) is 18.4. The van der Waals surface area contributed by atoms with Crippen LogP contribution in [-0.4, -0.2) is 29.9 Å². The van der Waals surface area contributed by atoms with E-state index >= 15 is 0 Å². The maximum Gasteiger partial charge on any atom is 0.222 e. The molecule has 0 radical (unpaired) electrons. The first-order valence-corrected chi connectivity index (χ1v) is 8.75. The largest absolute Gasteiger partial charge is 0.340 e. The fourth-order valence-corrected chi connectivity index (χ4v) is 3.63. The Morgan fingerprint density at radius 1 is 1.12 bits per heavy atom. The number of nitrogens with zero attached hydrogens (tertiary/aromatic N) is 1. The van der Waals surface area contributed by atoms with Crippen LogP contribution in [0.25, 0.3) is 0 Å². The molecule has 24 heavy (non-hydrogen) atoms. The van der Waals surface area contributed by atoms with Gasteiger partial charge in [-0.15, -0.1) is 12.4 Å². The van der Waals surface area contributed by atoms with Gasteiger partial charge in [-0.05, 0) is 29.7 Å². The van der Waals surface area contributed by atoms with E-state index in [1.807, 2.05) is 35.2 Å². The molecule has 1 saturated heterocycles. The van der Waals surface area contributed by atoms with E-state index in [-0.39, 0.29) is 30.3 Å². The second-order valence-corrected chi connectivity index (χ2v) is 7.03. The van der Waals surface area contributed by atoms with E-state index in [1.54, 1.807) is 0 Å². The van der Waals surface area contributed by atoms with Gasteiger partial charge >= 0.3 is 0 Å². The van der Waals surface area contributed by atoms with Crippen LogP contribution in [0.2, 0.25) is 0 Å². The summed E-state index contributed by atoms with van der Waals surface area (Å²) in [7, 11) is 0. The van der Waals surface area contributed by atoms with Gasteiger partial charge in [-0.25, -0.2) is 0 Å². The number of carbonyl (C=O) groups excluding carboxylic acids is 1. The van der Waals surface area contributed by atoms with E-state index in [9.17, 15) is 4.79 Å². The lowest BCUT2D eigenvalue weighted by molar-refractivity contribution is -0.130. The number of halogens is 2. The van der Waals surface area contributed by atoms with Crippen molar-refractivity contribution in [2.45, 2.75) is 24.8 Å². The number of carbonyl (C=O) groups is 1. The number of rotatable bonds is 4. The van der Waals surface area contributed by atoms with Gasteiger partial charge in [0.05, 0.1) is 0 Å². The summed E-state index contributed by atoms with van der Waals surface area (Å²) in [5, 5.41) is 0. The zero-order valence-electron chi connectivity index (χ0n) is 13.4. The van der Waals surface area contributed by atoms with E-state index in [4.69, 9.17) is 5.73 Å². The third-order valence-electron chi connectivity index (χ3n) is 4.46. The van der Waals surface area contributed by atoms with Crippen molar-refractivity contribution in [3.8, 4) is 0 Å². The Bertz CT molecular complexity index is 680. The van der Waals surface area contributed by atoms with Crippen LogP contribution in [-0.2, 0) is 11.2 Å². The zero-order chi connectivity index (χ0) is 16.2. The molecule has 2 aromatic carbocycles. The molecule has 3 nitrogen and oxygen atoms in total. The molecule has 1 amide bonds. The molecular formula is C19H22BrClN2O. The smallest absolute Gasteiger partial charge is 0.222 e. The van der Waals surface area contributed by atoms with Crippen LogP contribution in [0.15, 0.2) is 59.1 Å². The molecule has 1 aliphatic rings. The Morgan fingerprint density at radius 3 is 2.58 bits per heavy atom. The molecule has 1 heterocycles. The Kier molecular flexibility index (Phi) is 6.84. The highest BCUT2D eigenvalue weighted by Crippen LogP contribution is 2.27. The molecule has 0 unspecified atom stereocenters. The molecule has 2 atom stereocenters. The summed E-state index contributed by atoms with van der Waals surface area (Å²) in [6.07, 6.45) is 1.30. The summed E-state index contributed by atoms with van der Waals surface area (Å²) in [5.74, 6) is 0.435. The lowest BCUT2D eigenvalue weighted by Crippen LogP contribution is -2.32. The Morgan fingerprint density at radius 2 is 1.88 bits per heavy atom. The van der Waals surface area contributed by atoms with Crippen LogP contribution in [0, 0.1) is 0 Å². The first-order valence-electron chi connectivity index (χ1n) is 7.96. The fraction of sp³-hybridized carbons (Fsp3) is 0.316. The SMILES string of the molecule is Cl.N[C@@H]1CN(C(=O)CCc2cccc(Br)c2)C[C@H]1c1ccccc1. The van der Waals surface area contributed by atoms with Gasteiger partial charge in [0, 0.05) is 35.9 Å². The molecule has 2 aromatic rings. The molecule has 1 aliphatic heterocycles. The van der Waals surface area contributed by atoms with Crippen LogP contribution < -0.4 is 5.73 Å². The number of aryl methyl sites for hydroxylation is 1. The summed E-state index contributed by atoms with van der Waals surface area (Å²) in [5.41, 5.74) is 8.67. The van der Waals surface area contributed by atoms with Crippen molar-refractivity contribution in [3.63, 3.8) is 0 Å². The van der Waals surface area contributed by atoms with Crippen molar-refractivity contribution in [1.29, 1.82) is 0 Å². The molecule has 0 aliphatic carbocycles. The van der Waals surface area contributed by atoms with Gasteiger partial charge in [0.2, 0.25) is 5.91 Å². The number of amides is 1. The average Bonchev–Trinajstić information content (AvgIpc) is 2.95. The maximum absolute atomic E-state index is 12.5. The van der Waals surface area contributed by atoms with Crippen molar-refractivity contribution in [3.05, 3.63) is 70.2 Å². The minimum Gasteiger partial charge on any atom is -0.340 e. The van der Waals surface area contributed by atoms with Gasteiger partial charge in [0.15, 0.2) is 0 Å². The van der Waals surface area contributed by atoms with Crippen LogP contribution in [0.3, 0.4) is 0 Å². The third kappa shape index (κ3) is 4.59. The molecular weight excluding hydrogens is 388 g/mol. The fourth-order valence-electron chi connectivity index (χ4n) is 3.19. The standard InChI is InChI=1S/C19H21BrN2O.ClH/c20-16-8-4-5-14(11-16)9-10-19(23)22-12-17(18(21)13-22)15-6-2-1-3-7-15;/h1-8,11,17-18H,9-10,12-13,21H2;1H/t17-,18+;/m0./s1. The monoisotopic (exact) mass is 408 g/mol. The second kappa shape index (κ2) is 8.65. The van der Waals surface area contributed by atoms with Gasteiger partial charge in [-0.2, -0.15) is 0 Å². The lowest BCUT2D eigenvalue weighted by Gasteiger charge is -2.16. The van der Waals surface area contributed by atoms with E-state index in [1.165, 1.54) is 11.1 Å². The highest BCUT2D eigenvalue weighted by atomic mass is 79.9. The van der Waals surface area contributed by atoms with Crippen LogP contribution in [0.5, 0.6) is 0 Å². The molecule has 0 saturated carbocycles. The molecule has 2 N–H and O–H groups in total. The van der Waals surface area contributed by atoms with Crippen LogP contribution in [0.1, 0.15) is 23.5 Å². The van der Waals surface area contributed by atoms with Crippen LogP contribution >= 0.6 is 28.3 Å². The number of likely N-dealkylation sites (tertiary alicyclic amines) is 1. The number of benzene rings is 2. The summed E-state index contributed by atoms with van der Waals surface area (Å²) >= 11 is 3.47. The highest BCUT2D eigenvalue weighted by molar-refractivity contribution is 9.10. The molecule has 0 bridgehead atoms. The van der Waals surface area contributed by atoms with Gasteiger partial charge in [0.25, 0.3) is 0 Å². The molecule has 128 valence electrons. The molecule has 0 spiro atoms. The normalized spacial score (nSPS) is 19.8. The van der Waals surface area contributed by atoms with Gasteiger partial charge in [-0.1, -0.05) is 58.4 Å². The Balaban J connectivity index is 0.00000208. The first-order chi connectivity index (χ1) is 11.1. The molecule has 0 aromatic heterocycles. The van der Waals surface area contributed by atoms with E-state index in [0.29, 0.717) is 13.0 Å². The van der Waals surface area contributed by atoms with Crippen molar-refractivity contribution in [2.75, 3.05) is 13.1 Å². The predicted molar refractivity (Wildman–Crippen MR) is 103 cm³/mol. The topological polar surface area (TPSA) is 46.3 Å². The lowest BCUT2D eigenvalue weighted by atomic mass is 9.95. The first kappa shape index (κ1) is 19.0. The quantitative estimate of drug-likeness (QED) is 0.836. The molecule has 5 heteroatoms. The minimum absolute atomic E-state index is 0. The van der Waals surface area contributed by atoms with Gasteiger partial charge < -0.3 is 10.6 Å². The van der Waals surface area contributed by atoms with E-state index < -0.39 is 0 Å². The predicted octanol–water partition coefficient (Wildman–Crippen LogP) is 3.76. The second-order valence-electron chi connectivity index (χ2n) is 6.11. The Labute approximate surface area is 157 Å². The van der Waals surface area contributed by atoms with Crippen molar-refractivity contribution >= 4 is 34.2 Å².